The zero-order valence-corrected chi connectivity index (χ0v) is 23.2. The van der Waals surface area contributed by atoms with Crippen molar-refractivity contribution in [2.24, 2.45) is 0 Å². The van der Waals surface area contributed by atoms with Gasteiger partial charge in [-0.2, -0.15) is 0 Å². The second-order valence-corrected chi connectivity index (χ2v) is 11.2. The highest BCUT2D eigenvalue weighted by molar-refractivity contribution is 6.02. The van der Waals surface area contributed by atoms with Gasteiger partial charge in [-0.15, -0.1) is 0 Å². The monoisotopic (exact) mass is 503 g/mol. The predicted molar refractivity (Wildman–Crippen MR) is 150 cm³/mol. The number of ether oxygens (including phenoxy) is 1. The lowest BCUT2D eigenvalue weighted by Gasteiger charge is -2.22. The van der Waals surface area contributed by atoms with Gasteiger partial charge in [0.2, 0.25) is 11.8 Å². The van der Waals surface area contributed by atoms with Gasteiger partial charge in [0, 0.05) is 47.7 Å². The normalized spacial score (nSPS) is 14.4. The second-order valence-electron chi connectivity index (χ2n) is 11.2. The SMILES string of the molecule is CCCc1ccc(C2(C(=O)Nc3ccc4c(c3)cc(C(C)(C)C)n4CCNC(C)=O)CC2)cc1OCC. The van der Waals surface area contributed by atoms with E-state index in [2.05, 4.69) is 79.3 Å². The number of amides is 2. The van der Waals surface area contributed by atoms with Crippen LogP contribution in [0.5, 0.6) is 5.75 Å². The van der Waals surface area contributed by atoms with Crippen molar-refractivity contribution < 1.29 is 14.3 Å². The lowest BCUT2D eigenvalue weighted by molar-refractivity contribution is -0.119. The van der Waals surface area contributed by atoms with Crippen LogP contribution in [0.1, 0.15) is 77.6 Å². The van der Waals surface area contributed by atoms with Crippen molar-refractivity contribution in [3.8, 4) is 5.75 Å². The molecule has 1 heterocycles. The van der Waals surface area contributed by atoms with Crippen molar-refractivity contribution in [2.45, 2.75) is 84.6 Å². The molecule has 0 unspecified atom stereocenters. The predicted octanol–water partition coefficient (Wildman–Crippen LogP) is 6.10. The van der Waals surface area contributed by atoms with E-state index < -0.39 is 5.41 Å². The molecule has 3 aromatic rings. The van der Waals surface area contributed by atoms with Crippen LogP contribution in [-0.4, -0.2) is 29.5 Å². The molecule has 6 heteroatoms. The van der Waals surface area contributed by atoms with E-state index in [1.807, 2.05) is 13.0 Å². The van der Waals surface area contributed by atoms with E-state index in [1.165, 1.54) is 18.2 Å². The Hall–Kier alpha value is -3.28. The number of anilines is 1. The highest BCUT2D eigenvalue weighted by atomic mass is 16.5. The number of nitrogens with zero attached hydrogens (tertiary/aromatic N) is 1. The summed E-state index contributed by atoms with van der Waals surface area (Å²) in [6.45, 7) is 14.2. The van der Waals surface area contributed by atoms with Gasteiger partial charge in [0.05, 0.1) is 12.0 Å². The van der Waals surface area contributed by atoms with Crippen LogP contribution in [-0.2, 0) is 33.4 Å². The number of hydrogen-bond acceptors (Lipinski definition) is 3. The molecule has 1 aliphatic carbocycles. The lowest BCUT2D eigenvalue weighted by atomic mass is 9.92. The molecule has 0 spiro atoms. The third-order valence-corrected chi connectivity index (χ3v) is 7.26. The Labute approximate surface area is 220 Å². The van der Waals surface area contributed by atoms with Crippen molar-refractivity contribution in [3.05, 3.63) is 59.3 Å². The molecule has 1 aromatic heterocycles. The minimum atomic E-state index is -0.494. The first-order chi connectivity index (χ1) is 17.6. The number of rotatable bonds is 10. The van der Waals surface area contributed by atoms with Gasteiger partial charge in [-0.25, -0.2) is 0 Å². The Morgan fingerprint density at radius 1 is 1.05 bits per heavy atom. The largest absolute Gasteiger partial charge is 0.494 e. The first-order valence-corrected chi connectivity index (χ1v) is 13.5. The molecule has 2 N–H and O–H groups in total. The first-order valence-electron chi connectivity index (χ1n) is 13.5. The van der Waals surface area contributed by atoms with Crippen LogP contribution >= 0.6 is 0 Å². The summed E-state index contributed by atoms with van der Waals surface area (Å²) >= 11 is 0. The van der Waals surface area contributed by atoms with Gasteiger partial charge in [-0.05, 0) is 67.6 Å². The molecule has 0 saturated heterocycles. The Kier molecular flexibility index (Phi) is 7.67. The molecule has 0 radical (unpaired) electrons. The summed E-state index contributed by atoms with van der Waals surface area (Å²) in [4.78, 5) is 24.9. The van der Waals surface area contributed by atoms with Crippen LogP contribution < -0.4 is 15.4 Å². The average molecular weight is 504 g/mol. The number of aryl methyl sites for hydroxylation is 1. The lowest BCUT2D eigenvalue weighted by Crippen LogP contribution is -2.28. The molecular weight excluding hydrogens is 462 g/mol. The van der Waals surface area contributed by atoms with Crippen molar-refractivity contribution in [1.82, 2.24) is 9.88 Å². The smallest absolute Gasteiger partial charge is 0.235 e. The molecular formula is C31H41N3O3. The van der Waals surface area contributed by atoms with Crippen molar-refractivity contribution >= 4 is 28.4 Å². The molecule has 6 nitrogen and oxygen atoms in total. The fraction of sp³-hybridized carbons (Fsp3) is 0.484. The van der Waals surface area contributed by atoms with Gasteiger partial charge < -0.3 is 19.9 Å². The van der Waals surface area contributed by atoms with Crippen LogP contribution in [0.25, 0.3) is 10.9 Å². The number of carbonyl (C=O) groups excluding carboxylic acids is 2. The molecule has 37 heavy (non-hydrogen) atoms. The highest BCUT2D eigenvalue weighted by Gasteiger charge is 2.51. The second kappa shape index (κ2) is 10.6. The number of carbonyl (C=O) groups is 2. The van der Waals surface area contributed by atoms with Crippen LogP contribution in [0, 0.1) is 0 Å². The molecule has 1 aliphatic rings. The summed E-state index contributed by atoms with van der Waals surface area (Å²) < 4.78 is 8.19. The Morgan fingerprint density at radius 3 is 2.43 bits per heavy atom. The Bertz CT molecular complexity index is 1300. The van der Waals surface area contributed by atoms with Crippen LogP contribution in [0.4, 0.5) is 5.69 Å². The highest BCUT2D eigenvalue weighted by Crippen LogP contribution is 2.50. The topological polar surface area (TPSA) is 72.4 Å². The van der Waals surface area contributed by atoms with Crippen LogP contribution in [0.3, 0.4) is 0 Å². The molecule has 1 fully saturated rings. The summed E-state index contributed by atoms with van der Waals surface area (Å²) in [6.07, 6.45) is 3.70. The molecule has 1 saturated carbocycles. The van der Waals surface area contributed by atoms with Crippen LogP contribution in [0.15, 0.2) is 42.5 Å². The van der Waals surface area contributed by atoms with E-state index in [9.17, 15) is 9.59 Å². The zero-order chi connectivity index (χ0) is 26.8. The summed E-state index contributed by atoms with van der Waals surface area (Å²) in [5.41, 5.74) is 4.79. The van der Waals surface area contributed by atoms with Gasteiger partial charge >= 0.3 is 0 Å². The molecule has 0 bridgehead atoms. The van der Waals surface area contributed by atoms with Gasteiger partial charge in [-0.3, -0.25) is 9.59 Å². The van der Waals surface area contributed by atoms with E-state index >= 15 is 0 Å². The fourth-order valence-corrected chi connectivity index (χ4v) is 5.20. The number of nitrogens with one attached hydrogen (secondary N) is 2. The van der Waals surface area contributed by atoms with Crippen molar-refractivity contribution in [3.63, 3.8) is 0 Å². The summed E-state index contributed by atoms with van der Waals surface area (Å²) in [5.74, 6) is 0.914. The summed E-state index contributed by atoms with van der Waals surface area (Å²) in [7, 11) is 0. The van der Waals surface area contributed by atoms with Gasteiger partial charge in [0.15, 0.2) is 0 Å². The van der Waals surface area contributed by atoms with E-state index in [-0.39, 0.29) is 17.2 Å². The third kappa shape index (κ3) is 5.68. The summed E-state index contributed by atoms with van der Waals surface area (Å²) in [5, 5.41) is 7.19. The minimum Gasteiger partial charge on any atom is -0.494 e. The third-order valence-electron chi connectivity index (χ3n) is 7.26. The number of aromatic nitrogens is 1. The zero-order valence-electron chi connectivity index (χ0n) is 23.2. The van der Waals surface area contributed by atoms with Crippen molar-refractivity contribution in [1.29, 1.82) is 0 Å². The number of fused-ring (bicyclic) bond motifs is 1. The minimum absolute atomic E-state index is 0.0267. The van der Waals surface area contributed by atoms with Crippen molar-refractivity contribution in [2.75, 3.05) is 18.5 Å². The quantitative estimate of drug-likeness (QED) is 0.351. The molecule has 2 amide bonds. The molecule has 198 valence electrons. The molecule has 2 aromatic carbocycles. The Morgan fingerprint density at radius 2 is 1.81 bits per heavy atom. The van der Waals surface area contributed by atoms with E-state index in [1.54, 1.807) is 0 Å². The van der Waals surface area contributed by atoms with E-state index in [4.69, 9.17) is 4.74 Å². The average Bonchev–Trinajstić information content (AvgIpc) is 3.56. The number of benzene rings is 2. The van der Waals surface area contributed by atoms with E-state index in [0.29, 0.717) is 19.7 Å². The summed E-state index contributed by atoms with van der Waals surface area (Å²) in [6, 6.07) is 14.6. The molecule has 0 atom stereocenters. The molecule has 0 aliphatic heterocycles. The van der Waals surface area contributed by atoms with Crippen LogP contribution in [0.2, 0.25) is 0 Å². The van der Waals surface area contributed by atoms with Gasteiger partial charge in [0.25, 0.3) is 0 Å². The maximum Gasteiger partial charge on any atom is 0.235 e. The Balaban J connectivity index is 1.59. The maximum atomic E-state index is 13.6. The molecule has 4 rings (SSSR count). The maximum absolute atomic E-state index is 13.6. The van der Waals surface area contributed by atoms with Gasteiger partial charge in [-0.1, -0.05) is 46.2 Å². The number of hydrogen-bond donors (Lipinski definition) is 2. The fourth-order valence-electron chi connectivity index (χ4n) is 5.20. The van der Waals surface area contributed by atoms with Gasteiger partial charge in [0.1, 0.15) is 5.75 Å². The standard InChI is InChI=1S/C31H41N3O3/c1-7-9-22-10-11-24(20-27(22)37-8-2)31(14-15-31)29(36)33-25-12-13-26-23(18-25)19-28(30(4,5)6)34(26)17-16-32-21(3)35/h10-13,18-20H,7-9,14-17H2,1-6H3,(H,32,35)(H,33,36). The van der Waals surface area contributed by atoms with E-state index in [0.717, 1.165) is 53.6 Å². The first kappa shape index (κ1) is 26.8.